The third kappa shape index (κ3) is 7.17. The molecule has 0 unspecified atom stereocenters. The Hall–Kier alpha value is -1.08. The maximum absolute atomic E-state index is 8.93. The van der Waals surface area contributed by atoms with Crippen molar-refractivity contribution >= 4 is 12.6 Å². The summed E-state index contributed by atoms with van der Waals surface area (Å²) < 4.78 is 16.1. The summed E-state index contributed by atoms with van der Waals surface area (Å²) in [5.41, 5.74) is 0.439. The fraction of sp³-hybridized carbons (Fsp3) is 0.538. The van der Waals surface area contributed by atoms with Crippen molar-refractivity contribution in [3.63, 3.8) is 0 Å². The van der Waals surface area contributed by atoms with Gasteiger partial charge in [0.25, 0.3) is 0 Å². The summed E-state index contributed by atoms with van der Waals surface area (Å²) in [6.45, 7) is 6.04. The molecule has 0 aliphatic rings. The Morgan fingerprint density at radius 3 is 2.21 bits per heavy atom. The van der Waals surface area contributed by atoms with Crippen molar-refractivity contribution in [2.24, 2.45) is 0 Å². The van der Waals surface area contributed by atoms with Crippen LogP contribution in [0.15, 0.2) is 24.3 Å². The van der Waals surface area contributed by atoms with Gasteiger partial charge in [0, 0.05) is 0 Å². The Morgan fingerprint density at radius 1 is 1.00 bits per heavy atom. The van der Waals surface area contributed by atoms with Crippen LogP contribution in [-0.2, 0) is 9.47 Å². The minimum Gasteiger partial charge on any atom is -0.491 e. The van der Waals surface area contributed by atoms with Crippen molar-refractivity contribution in [2.45, 2.75) is 20.0 Å². The fourth-order valence-electron chi connectivity index (χ4n) is 1.40. The Bertz CT molecular complexity index is 339. The average molecular weight is 268 g/mol. The van der Waals surface area contributed by atoms with Crippen molar-refractivity contribution in [1.82, 2.24) is 0 Å². The van der Waals surface area contributed by atoms with Gasteiger partial charge in [0.15, 0.2) is 0 Å². The maximum atomic E-state index is 8.93. The van der Waals surface area contributed by atoms with Crippen molar-refractivity contribution in [3.8, 4) is 5.75 Å². The number of hydrogen-bond acceptors (Lipinski definition) is 5. The van der Waals surface area contributed by atoms with Gasteiger partial charge in [-0.2, -0.15) is 0 Å². The molecule has 0 atom stereocenters. The predicted molar refractivity (Wildman–Crippen MR) is 73.7 cm³/mol. The highest BCUT2D eigenvalue weighted by Gasteiger charge is 2.09. The van der Waals surface area contributed by atoms with Gasteiger partial charge in [-0.15, -0.1) is 0 Å². The number of rotatable bonds is 9. The quantitative estimate of drug-likeness (QED) is 0.494. The van der Waals surface area contributed by atoms with E-state index in [1.807, 2.05) is 13.8 Å². The molecule has 0 saturated heterocycles. The first-order chi connectivity index (χ1) is 9.09. The molecular weight excluding hydrogens is 247 g/mol. The molecule has 0 aliphatic heterocycles. The first-order valence-corrected chi connectivity index (χ1v) is 6.38. The first kappa shape index (κ1) is 16.0. The molecule has 0 saturated carbocycles. The molecule has 6 heteroatoms. The van der Waals surface area contributed by atoms with Crippen LogP contribution >= 0.6 is 0 Å². The maximum Gasteiger partial charge on any atom is 0.488 e. The zero-order chi connectivity index (χ0) is 14.1. The number of hydrogen-bond donors (Lipinski definition) is 2. The lowest BCUT2D eigenvalue weighted by Gasteiger charge is -2.09. The van der Waals surface area contributed by atoms with E-state index < -0.39 is 7.12 Å². The normalized spacial score (nSPS) is 10.8. The zero-order valence-electron chi connectivity index (χ0n) is 11.4. The molecule has 0 bridgehead atoms. The molecule has 1 aromatic carbocycles. The van der Waals surface area contributed by atoms with Crippen LogP contribution in [0.4, 0.5) is 0 Å². The summed E-state index contributed by atoms with van der Waals surface area (Å²) in [5.74, 6) is 0.673. The fourth-order valence-corrected chi connectivity index (χ4v) is 1.40. The van der Waals surface area contributed by atoms with E-state index in [9.17, 15) is 0 Å². The van der Waals surface area contributed by atoms with Crippen LogP contribution in [0.3, 0.4) is 0 Å². The summed E-state index contributed by atoms with van der Waals surface area (Å²) in [6.07, 6.45) is 0.222. The van der Waals surface area contributed by atoms with E-state index in [0.29, 0.717) is 37.6 Å². The third-order valence-corrected chi connectivity index (χ3v) is 2.35. The van der Waals surface area contributed by atoms with Gasteiger partial charge in [-0.1, -0.05) is 12.1 Å². The molecule has 2 N–H and O–H groups in total. The van der Waals surface area contributed by atoms with E-state index >= 15 is 0 Å². The molecule has 0 aliphatic carbocycles. The summed E-state index contributed by atoms with van der Waals surface area (Å²) in [4.78, 5) is 0. The molecule has 0 spiro atoms. The van der Waals surface area contributed by atoms with Crippen molar-refractivity contribution in [2.75, 3.05) is 26.4 Å². The van der Waals surface area contributed by atoms with E-state index in [1.165, 1.54) is 0 Å². The van der Waals surface area contributed by atoms with E-state index in [0.717, 1.165) is 0 Å². The Labute approximate surface area is 114 Å². The minimum atomic E-state index is -1.45. The summed E-state index contributed by atoms with van der Waals surface area (Å²) in [5, 5.41) is 17.9. The largest absolute Gasteiger partial charge is 0.491 e. The van der Waals surface area contributed by atoms with Crippen molar-refractivity contribution in [1.29, 1.82) is 0 Å². The molecule has 5 nitrogen and oxygen atoms in total. The zero-order valence-corrected chi connectivity index (χ0v) is 11.4. The summed E-state index contributed by atoms with van der Waals surface area (Å²) >= 11 is 0. The lowest BCUT2D eigenvalue weighted by atomic mass is 9.80. The highest BCUT2D eigenvalue weighted by atomic mass is 16.5. The van der Waals surface area contributed by atoms with Crippen LogP contribution in [0.2, 0.25) is 0 Å². The lowest BCUT2D eigenvalue weighted by Crippen LogP contribution is -2.29. The van der Waals surface area contributed by atoms with E-state index in [2.05, 4.69) is 0 Å². The van der Waals surface area contributed by atoms with Crippen LogP contribution < -0.4 is 10.2 Å². The van der Waals surface area contributed by atoms with Crippen LogP contribution in [-0.4, -0.2) is 49.7 Å². The second kappa shape index (κ2) is 8.93. The smallest absolute Gasteiger partial charge is 0.488 e. The number of benzene rings is 1. The Morgan fingerprint density at radius 2 is 1.63 bits per heavy atom. The molecule has 1 aromatic rings. The monoisotopic (exact) mass is 268 g/mol. The van der Waals surface area contributed by atoms with Gasteiger partial charge in [0.2, 0.25) is 0 Å². The van der Waals surface area contributed by atoms with Crippen molar-refractivity contribution < 1.29 is 24.3 Å². The average Bonchev–Trinajstić information content (AvgIpc) is 2.38. The van der Waals surface area contributed by atoms with Crippen LogP contribution in [0, 0.1) is 0 Å². The molecule has 106 valence electrons. The molecule has 19 heavy (non-hydrogen) atoms. The highest BCUT2D eigenvalue weighted by molar-refractivity contribution is 6.58. The second-order valence-corrected chi connectivity index (χ2v) is 4.32. The second-order valence-electron chi connectivity index (χ2n) is 4.32. The molecule has 0 fully saturated rings. The van der Waals surface area contributed by atoms with Crippen LogP contribution in [0.25, 0.3) is 0 Å². The van der Waals surface area contributed by atoms with Gasteiger partial charge < -0.3 is 24.3 Å². The van der Waals surface area contributed by atoms with Gasteiger partial charge in [-0.25, -0.2) is 0 Å². The third-order valence-electron chi connectivity index (χ3n) is 2.35. The highest BCUT2D eigenvalue weighted by Crippen LogP contribution is 2.07. The lowest BCUT2D eigenvalue weighted by molar-refractivity contribution is 0.0124. The Kier molecular flexibility index (Phi) is 7.51. The van der Waals surface area contributed by atoms with Gasteiger partial charge >= 0.3 is 7.12 Å². The van der Waals surface area contributed by atoms with Gasteiger partial charge in [-0.3, -0.25) is 0 Å². The topological polar surface area (TPSA) is 68.2 Å². The molecule has 1 rings (SSSR count). The molecular formula is C13H21BO5. The van der Waals surface area contributed by atoms with E-state index in [1.54, 1.807) is 24.3 Å². The van der Waals surface area contributed by atoms with E-state index in [-0.39, 0.29) is 6.10 Å². The van der Waals surface area contributed by atoms with Crippen molar-refractivity contribution in [3.05, 3.63) is 24.3 Å². The van der Waals surface area contributed by atoms with Gasteiger partial charge in [0.1, 0.15) is 12.4 Å². The standard InChI is InChI=1S/C13H21BO5/c1-11(2)18-9-7-17-8-10-19-13-5-3-12(4-6-13)14(15)16/h3-6,11,15-16H,7-10H2,1-2H3. The summed E-state index contributed by atoms with van der Waals surface area (Å²) in [6, 6.07) is 6.60. The molecule has 0 amide bonds. The van der Waals surface area contributed by atoms with Crippen LogP contribution in [0.5, 0.6) is 5.75 Å². The molecule has 0 radical (unpaired) electrons. The van der Waals surface area contributed by atoms with Crippen LogP contribution in [0.1, 0.15) is 13.8 Å². The van der Waals surface area contributed by atoms with E-state index in [4.69, 9.17) is 24.3 Å². The van der Waals surface area contributed by atoms with Gasteiger partial charge in [-0.05, 0) is 31.4 Å². The molecule has 0 heterocycles. The summed E-state index contributed by atoms with van der Waals surface area (Å²) in [7, 11) is -1.45. The first-order valence-electron chi connectivity index (χ1n) is 6.38. The number of ether oxygens (including phenoxy) is 3. The predicted octanol–water partition coefficient (Wildman–Crippen LogP) is 0.187. The van der Waals surface area contributed by atoms with Gasteiger partial charge in [0.05, 0.1) is 25.9 Å². The Balaban J connectivity index is 2.09. The SMILES string of the molecule is CC(C)OCCOCCOc1ccc(B(O)O)cc1. The minimum absolute atomic E-state index is 0.222. The molecule has 0 aromatic heterocycles.